The molecule has 1 heteroatoms. The second-order valence-electron chi connectivity index (χ2n) is 3.50. The summed E-state index contributed by atoms with van der Waals surface area (Å²) < 4.78 is 0. The Morgan fingerprint density at radius 3 is 2.71 bits per heavy atom. The average Bonchev–Trinajstić information content (AvgIpc) is 2.20. The van der Waals surface area contributed by atoms with E-state index in [0.717, 1.165) is 19.4 Å². The molecule has 0 amide bonds. The summed E-state index contributed by atoms with van der Waals surface area (Å²) in [5.41, 5.74) is 1.37. The molecule has 1 unspecified atom stereocenters. The van der Waals surface area contributed by atoms with Gasteiger partial charge in [0.05, 0.1) is 0 Å². The molecule has 0 aliphatic rings. The number of nitrogens with one attached hydrogen (secondary N) is 1. The maximum atomic E-state index is 5.22. The summed E-state index contributed by atoms with van der Waals surface area (Å²) in [4.78, 5) is 0. The predicted molar refractivity (Wildman–Crippen MR) is 61.1 cm³/mol. The summed E-state index contributed by atoms with van der Waals surface area (Å²) in [6, 6.07) is 10.9. The number of hydrogen-bond donors (Lipinski definition) is 1. The lowest BCUT2D eigenvalue weighted by Crippen LogP contribution is -2.27. The van der Waals surface area contributed by atoms with E-state index in [1.807, 2.05) is 6.07 Å². The van der Waals surface area contributed by atoms with Crippen molar-refractivity contribution >= 4 is 0 Å². The van der Waals surface area contributed by atoms with E-state index >= 15 is 0 Å². The molecule has 0 aliphatic heterocycles. The minimum absolute atomic E-state index is 0.420. The molecule has 1 nitrogen and oxygen atoms in total. The minimum Gasteiger partial charge on any atom is -0.313 e. The monoisotopic (exact) mass is 187 g/mol. The molecule has 1 aromatic carbocycles. The Bertz CT molecular complexity index is 284. The van der Waals surface area contributed by atoms with Crippen molar-refractivity contribution in [1.29, 1.82) is 0 Å². The zero-order chi connectivity index (χ0) is 10.2. The molecule has 0 spiro atoms. The molecule has 1 N–H and O–H groups in total. The molecule has 1 atom stereocenters. The maximum Gasteiger partial charge on any atom is 0.0238 e. The van der Waals surface area contributed by atoms with Crippen LogP contribution in [0.15, 0.2) is 30.3 Å². The van der Waals surface area contributed by atoms with Crippen molar-refractivity contribution in [3.05, 3.63) is 35.9 Å². The first-order chi connectivity index (χ1) is 6.83. The van der Waals surface area contributed by atoms with Crippen molar-refractivity contribution in [3.63, 3.8) is 0 Å². The predicted octanol–water partition coefficient (Wildman–Crippen LogP) is 2.23. The lowest BCUT2D eigenvalue weighted by atomic mass is 10.1. The summed E-state index contributed by atoms with van der Waals surface area (Å²) in [6.07, 6.45) is 7.09. The van der Waals surface area contributed by atoms with Gasteiger partial charge in [0.2, 0.25) is 0 Å². The van der Waals surface area contributed by atoms with Crippen LogP contribution in [0, 0.1) is 12.3 Å². The summed E-state index contributed by atoms with van der Waals surface area (Å²) in [6.45, 7) is 3.11. The first kappa shape index (κ1) is 10.8. The highest BCUT2D eigenvalue weighted by Crippen LogP contribution is 1.98. The van der Waals surface area contributed by atoms with Gasteiger partial charge in [-0.3, -0.25) is 0 Å². The summed E-state index contributed by atoms with van der Waals surface area (Å²) >= 11 is 0. The second-order valence-corrected chi connectivity index (χ2v) is 3.50. The van der Waals surface area contributed by atoms with E-state index in [4.69, 9.17) is 6.42 Å². The van der Waals surface area contributed by atoms with Crippen LogP contribution in [0.1, 0.15) is 18.9 Å². The molecule has 0 radical (unpaired) electrons. The maximum absolute atomic E-state index is 5.22. The van der Waals surface area contributed by atoms with Gasteiger partial charge in [0.25, 0.3) is 0 Å². The van der Waals surface area contributed by atoms with Gasteiger partial charge in [-0.1, -0.05) is 30.3 Å². The number of benzene rings is 1. The highest BCUT2D eigenvalue weighted by Gasteiger charge is 1.97. The zero-order valence-electron chi connectivity index (χ0n) is 8.66. The molecule has 0 heterocycles. The third-order valence-electron chi connectivity index (χ3n) is 2.17. The molecule has 74 valence electrons. The molecule has 0 bridgehead atoms. The second kappa shape index (κ2) is 6.23. The Kier molecular flexibility index (Phi) is 4.82. The molecular weight excluding hydrogens is 170 g/mol. The van der Waals surface area contributed by atoms with Crippen LogP contribution in [0.2, 0.25) is 0 Å². The fourth-order valence-electron chi connectivity index (χ4n) is 1.36. The van der Waals surface area contributed by atoms with Crippen LogP contribution in [-0.2, 0) is 6.42 Å². The van der Waals surface area contributed by atoms with Gasteiger partial charge < -0.3 is 5.32 Å². The number of hydrogen-bond acceptors (Lipinski definition) is 1. The standard InChI is InChI=1S/C13H17N/c1-3-7-12(2)14-11-10-13-8-5-4-6-9-13/h1,4-6,8-9,12,14H,7,10-11H2,2H3. The van der Waals surface area contributed by atoms with Crippen LogP contribution in [0.3, 0.4) is 0 Å². The largest absolute Gasteiger partial charge is 0.313 e. The third-order valence-corrected chi connectivity index (χ3v) is 2.17. The smallest absolute Gasteiger partial charge is 0.0238 e. The Hall–Kier alpha value is -1.26. The molecule has 1 rings (SSSR count). The van der Waals surface area contributed by atoms with E-state index in [1.165, 1.54) is 5.56 Å². The van der Waals surface area contributed by atoms with Gasteiger partial charge in [0.1, 0.15) is 0 Å². The van der Waals surface area contributed by atoms with Crippen molar-refractivity contribution in [3.8, 4) is 12.3 Å². The normalized spacial score (nSPS) is 12.0. The molecule has 14 heavy (non-hydrogen) atoms. The first-order valence-corrected chi connectivity index (χ1v) is 5.03. The Balaban J connectivity index is 2.19. The highest BCUT2D eigenvalue weighted by molar-refractivity contribution is 5.14. The lowest BCUT2D eigenvalue weighted by molar-refractivity contribution is 0.562. The summed E-state index contributed by atoms with van der Waals surface area (Å²) in [5.74, 6) is 2.65. The number of terminal acetylenes is 1. The molecule has 0 aromatic heterocycles. The molecule has 1 aromatic rings. The van der Waals surface area contributed by atoms with E-state index in [1.54, 1.807) is 0 Å². The van der Waals surface area contributed by atoms with E-state index in [-0.39, 0.29) is 0 Å². The quantitative estimate of drug-likeness (QED) is 0.697. The van der Waals surface area contributed by atoms with Gasteiger partial charge in [-0.25, -0.2) is 0 Å². The van der Waals surface area contributed by atoms with E-state index in [2.05, 4.69) is 42.4 Å². The first-order valence-electron chi connectivity index (χ1n) is 5.03. The van der Waals surface area contributed by atoms with Crippen LogP contribution < -0.4 is 5.32 Å². The minimum atomic E-state index is 0.420. The van der Waals surface area contributed by atoms with Crippen LogP contribution in [0.5, 0.6) is 0 Å². The summed E-state index contributed by atoms with van der Waals surface area (Å²) in [7, 11) is 0. The van der Waals surface area contributed by atoms with Crippen LogP contribution >= 0.6 is 0 Å². The Morgan fingerprint density at radius 1 is 1.36 bits per heavy atom. The Labute approximate surface area is 86.5 Å². The molecule has 0 aliphatic carbocycles. The summed E-state index contributed by atoms with van der Waals surface area (Å²) in [5, 5.41) is 3.39. The number of rotatable bonds is 5. The van der Waals surface area contributed by atoms with E-state index in [9.17, 15) is 0 Å². The van der Waals surface area contributed by atoms with Gasteiger partial charge in [-0.2, -0.15) is 0 Å². The molecule has 0 saturated carbocycles. The lowest BCUT2D eigenvalue weighted by Gasteiger charge is -2.10. The van der Waals surface area contributed by atoms with Crippen molar-refractivity contribution in [2.24, 2.45) is 0 Å². The van der Waals surface area contributed by atoms with E-state index in [0.29, 0.717) is 6.04 Å². The molecular formula is C13H17N. The van der Waals surface area contributed by atoms with Crippen LogP contribution in [0.4, 0.5) is 0 Å². The van der Waals surface area contributed by atoms with Crippen LogP contribution in [0.25, 0.3) is 0 Å². The zero-order valence-corrected chi connectivity index (χ0v) is 8.66. The average molecular weight is 187 g/mol. The highest BCUT2D eigenvalue weighted by atomic mass is 14.9. The van der Waals surface area contributed by atoms with Crippen molar-refractivity contribution in [2.75, 3.05) is 6.54 Å². The topological polar surface area (TPSA) is 12.0 Å². The fraction of sp³-hybridized carbons (Fsp3) is 0.385. The van der Waals surface area contributed by atoms with Crippen LogP contribution in [-0.4, -0.2) is 12.6 Å². The van der Waals surface area contributed by atoms with E-state index < -0.39 is 0 Å². The molecule has 0 fully saturated rings. The van der Waals surface area contributed by atoms with Crippen molar-refractivity contribution in [2.45, 2.75) is 25.8 Å². The van der Waals surface area contributed by atoms with Gasteiger partial charge >= 0.3 is 0 Å². The van der Waals surface area contributed by atoms with Gasteiger partial charge in [0.15, 0.2) is 0 Å². The SMILES string of the molecule is C#CCC(C)NCCc1ccccc1. The third kappa shape index (κ3) is 4.11. The fourth-order valence-corrected chi connectivity index (χ4v) is 1.36. The van der Waals surface area contributed by atoms with Gasteiger partial charge in [-0.05, 0) is 25.5 Å². The van der Waals surface area contributed by atoms with Gasteiger partial charge in [0, 0.05) is 12.5 Å². The molecule has 0 saturated heterocycles. The van der Waals surface area contributed by atoms with Crippen molar-refractivity contribution in [1.82, 2.24) is 5.32 Å². The van der Waals surface area contributed by atoms with Gasteiger partial charge in [-0.15, -0.1) is 12.3 Å². The Morgan fingerprint density at radius 2 is 2.07 bits per heavy atom. The van der Waals surface area contributed by atoms with Crippen molar-refractivity contribution < 1.29 is 0 Å².